The highest BCUT2D eigenvalue weighted by atomic mass is 16.5. The Kier molecular flexibility index (Phi) is 3.80. The van der Waals surface area contributed by atoms with Crippen LogP contribution in [0.4, 0.5) is 0 Å². The van der Waals surface area contributed by atoms with E-state index in [1.165, 1.54) is 17.4 Å². The van der Waals surface area contributed by atoms with Crippen molar-refractivity contribution in [2.75, 3.05) is 27.3 Å². The number of nitrogens with one attached hydrogen (secondary N) is 1. The lowest BCUT2D eigenvalue weighted by molar-refractivity contribution is -0.162. The van der Waals surface area contributed by atoms with Gasteiger partial charge in [0, 0.05) is 35.7 Å². The van der Waals surface area contributed by atoms with Gasteiger partial charge in [-0.2, -0.15) is 0 Å². The van der Waals surface area contributed by atoms with Gasteiger partial charge in [0.1, 0.15) is 11.2 Å². The number of benzene rings is 1. The molecule has 1 aromatic heterocycles. The van der Waals surface area contributed by atoms with E-state index < -0.39 is 5.41 Å². The molecule has 6 rings (SSSR count). The molecule has 5 atom stereocenters. The number of H-pyrrole nitrogens is 1. The van der Waals surface area contributed by atoms with Gasteiger partial charge in [0.05, 0.1) is 14.2 Å². The summed E-state index contributed by atoms with van der Waals surface area (Å²) >= 11 is 0. The standard InChI is InChI=1S/C22H28N2O3/c1-4-14-9-13-11-22(21(25)27-3)19-16(7-8-24(12-13)20(14)22)17-10-15(26-2)5-6-18(17)23-19/h5-6,10,13-14,20,23H,4,7-9,11-12H2,1-3H3/t13-,14+,20-,22-/m1/s1. The molecule has 0 amide bonds. The number of hydrogen-bond donors (Lipinski definition) is 1. The topological polar surface area (TPSA) is 54.6 Å². The van der Waals surface area contributed by atoms with Crippen molar-refractivity contribution < 1.29 is 14.3 Å². The van der Waals surface area contributed by atoms with Crippen molar-refractivity contribution in [2.24, 2.45) is 11.8 Å². The fraction of sp³-hybridized carbons (Fsp3) is 0.591. The summed E-state index contributed by atoms with van der Waals surface area (Å²) in [6.45, 7) is 4.39. The number of carbonyl (C=O) groups excluding carboxylic acids is 1. The number of methoxy groups -OCH3 is 2. The Hall–Kier alpha value is -2.01. The Morgan fingerprint density at radius 2 is 2.22 bits per heavy atom. The summed E-state index contributed by atoms with van der Waals surface area (Å²) in [6, 6.07) is 6.40. The lowest BCUT2D eigenvalue weighted by Crippen LogP contribution is -2.67. The van der Waals surface area contributed by atoms with Gasteiger partial charge in [-0.05, 0) is 54.9 Å². The second-order valence-electron chi connectivity index (χ2n) is 8.52. The minimum absolute atomic E-state index is 0.0676. The van der Waals surface area contributed by atoms with Crippen molar-refractivity contribution in [3.63, 3.8) is 0 Å². The maximum Gasteiger partial charge on any atom is 0.319 e. The Morgan fingerprint density at radius 3 is 2.96 bits per heavy atom. The molecule has 4 heterocycles. The third kappa shape index (κ3) is 2.18. The van der Waals surface area contributed by atoms with Gasteiger partial charge in [-0.25, -0.2) is 0 Å². The van der Waals surface area contributed by atoms with Crippen LogP contribution in [0.15, 0.2) is 18.2 Å². The summed E-state index contributed by atoms with van der Waals surface area (Å²) in [7, 11) is 3.24. The molecule has 1 aromatic carbocycles. The monoisotopic (exact) mass is 368 g/mol. The number of nitrogens with zero attached hydrogens (tertiary/aromatic N) is 1. The van der Waals surface area contributed by atoms with Gasteiger partial charge in [0.2, 0.25) is 0 Å². The Balaban J connectivity index is 1.79. The number of esters is 1. The second kappa shape index (κ2) is 5.99. The molecule has 2 aromatic rings. The van der Waals surface area contributed by atoms with Gasteiger partial charge in [-0.1, -0.05) is 13.3 Å². The first-order chi connectivity index (χ1) is 13.1. The van der Waals surface area contributed by atoms with Crippen LogP contribution in [-0.4, -0.2) is 49.2 Å². The SMILES string of the molecule is CC[C@H]1C[C@H]2CN3CCc4c([nH]c5ccc(OC)cc45)[C@](C(=O)OC)(C2)[C@@H]13. The molecule has 3 aliphatic heterocycles. The molecule has 144 valence electrons. The van der Waals surface area contributed by atoms with E-state index in [1.54, 1.807) is 14.2 Å². The summed E-state index contributed by atoms with van der Waals surface area (Å²) < 4.78 is 10.9. The van der Waals surface area contributed by atoms with Crippen LogP contribution in [0, 0.1) is 11.8 Å². The fourth-order valence-corrected chi connectivity index (χ4v) is 6.42. The van der Waals surface area contributed by atoms with Crippen LogP contribution in [0.3, 0.4) is 0 Å². The summed E-state index contributed by atoms with van der Waals surface area (Å²) in [4.78, 5) is 19.6. The van der Waals surface area contributed by atoms with Gasteiger partial charge >= 0.3 is 5.97 Å². The number of piperidine rings is 2. The van der Waals surface area contributed by atoms with Crippen molar-refractivity contribution in [1.82, 2.24) is 9.88 Å². The molecule has 5 nitrogen and oxygen atoms in total. The third-order valence-corrected chi connectivity index (χ3v) is 7.37. The average Bonchev–Trinajstić information content (AvgIpc) is 3.04. The zero-order valence-corrected chi connectivity index (χ0v) is 16.4. The predicted molar refractivity (Wildman–Crippen MR) is 104 cm³/mol. The average molecular weight is 368 g/mol. The van der Waals surface area contributed by atoms with Gasteiger partial charge in [0.25, 0.3) is 0 Å². The summed E-state index contributed by atoms with van der Waals surface area (Å²) in [6.07, 6.45) is 4.20. The van der Waals surface area contributed by atoms with Gasteiger partial charge in [0.15, 0.2) is 0 Å². The summed E-state index contributed by atoms with van der Waals surface area (Å²) in [5.41, 5.74) is 2.90. The zero-order chi connectivity index (χ0) is 18.8. The van der Waals surface area contributed by atoms with E-state index in [0.717, 1.165) is 49.3 Å². The maximum atomic E-state index is 13.4. The molecule has 4 aliphatic rings. The van der Waals surface area contributed by atoms with E-state index in [1.807, 2.05) is 6.07 Å². The second-order valence-corrected chi connectivity index (χ2v) is 8.52. The molecule has 2 saturated heterocycles. The molecule has 1 saturated carbocycles. The minimum Gasteiger partial charge on any atom is -0.497 e. The fourth-order valence-electron chi connectivity index (χ4n) is 6.42. The smallest absolute Gasteiger partial charge is 0.319 e. The molecule has 27 heavy (non-hydrogen) atoms. The van der Waals surface area contributed by atoms with E-state index in [9.17, 15) is 4.79 Å². The Morgan fingerprint density at radius 1 is 1.37 bits per heavy atom. The van der Waals surface area contributed by atoms with E-state index in [0.29, 0.717) is 11.8 Å². The Labute approximate surface area is 160 Å². The highest BCUT2D eigenvalue weighted by molar-refractivity contribution is 5.92. The van der Waals surface area contributed by atoms with Crippen molar-refractivity contribution in [2.45, 2.75) is 44.1 Å². The largest absolute Gasteiger partial charge is 0.497 e. The van der Waals surface area contributed by atoms with Gasteiger partial charge in [-0.15, -0.1) is 0 Å². The first-order valence-electron chi connectivity index (χ1n) is 10.1. The van der Waals surface area contributed by atoms with Gasteiger partial charge in [-0.3, -0.25) is 9.69 Å². The van der Waals surface area contributed by atoms with Crippen LogP contribution < -0.4 is 4.74 Å². The van der Waals surface area contributed by atoms with Crippen molar-refractivity contribution in [3.8, 4) is 5.75 Å². The van der Waals surface area contributed by atoms with Crippen LogP contribution in [0.5, 0.6) is 5.75 Å². The van der Waals surface area contributed by atoms with E-state index in [-0.39, 0.29) is 12.0 Å². The molecule has 0 spiro atoms. The molecule has 1 N–H and O–H groups in total. The van der Waals surface area contributed by atoms with Gasteiger partial charge < -0.3 is 14.5 Å². The van der Waals surface area contributed by atoms with E-state index in [4.69, 9.17) is 9.47 Å². The molecule has 3 fully saturated rings. The number of fused-ring (bicyclic) bond motifs is 4. The maximum absolute atomic E-state index is 13.4. The molecule has 5 heteroatoms. The highest BCUT2D eigenvalue weighted by Crippen LogP contribution is 2.55. The molecular formula is C22H28N2O3. The quantitative estimate of drug-likeness (QED) is 0.845. The lowest BCUT2D eigenvalue weighted by atomic mass is 9.56. The number of aromatic amines is 1. The van der Waals surface area contributed by atoms with Crippen LogP contribution >= 0.6 is 0 Å². The summed E-state index contributed by atoms with van der Waals surface area (Å²) in [5.74, 6) is 1.90. The number of carbonyl (C=O) groups is 1. The first kappa shape index (κ1) is 17.1. The third-order valence-electron chi connectivity index (χ3n) is 7.37. The van der Waals surface area contributed by atoms with E-state index in [2.05, 4.69) is 28.9 Å². The minimum atomic E-state index is -0.575. The number of hydrogen-bond acceptors (Lipinski definition) is 4. The van der Waals surface area contributed by atoms with Crippen LogP contribution in [0.2, 0.25) is 0 Å². The van der Waals surface area contributed by atoms with E-state index >= 15 is 0 Å². The summed E-state index contributed by atoms with van der Waals surface area (Å²) in [5, 5.41) is 1.19. The molecule has 1 unspecified atom stereocenters. The molecule has 1 aliphatic carbocycles. The van der Waals surface area contributed by atoms with Crippen LogP contribution in [0.1, 0.15) is 37.4 Å². The number of aromatic nitrogens is 1. The van der Waals surface area contributed by atoms with Crippen LogP contribution in [0.25, 0.3) is 10.9 Å². The lowest BCUT2D eigenvalue weighted by Gasteiger charge is -2.57. The molecule has 0 radical (unpaired) electrons. The zero-order valence-electron chi connectivity index (χ0n) is 16.4. The number of rotatable bonds is 3. The molecule has 4 bridgehead atoms. The van der Waals surface area contributed by atoms with Crippen LogP contribution in [-0.2, 0) is 21.4 Å². The normalized spacial score (nSPS) is 34.2. The Bertz CT molecular complexity index is 904. The first-order valence-corrected chi connectivity index (χ1v) is 10.1. The predicted octanol–water partition coefficient (Wildman–Crippen LogP) is 3.26. The highest BCUT2D eigenvalue weighted by Gasteiger charge is 2.62. The van der Waals surface area contributed by atoms with Crippen molar-refractivity contribution in [1.29, 1.82) is 0 Å². The molecular weight excluding hydrogens is 340 g/mol. The number of ether oxygens (including phenoxy) is 2. The van der Waals surface area contributed by atoms with Crippen molar-refractivity contribution >= 4 is 16.9 Å². The van der Waals surface area contributed by atoms with Crippen molar-refractivity contribution in [3.05, 3.63) is 29.5 Å².